The fourth-order valence-electron chi connectivity index (χ4n) is 5.98. The third-order valence-corrected chi connectivity index (χ3v) is 9.08. The predicted molar refractivity (Wildman–Crippen MR) is 208 cm³/mol. The standard InChI is InChI=1S/C43H50N6O4/c1-6-45-43(53)39(28(2)3)49-40(50)30(5)46-27-37(21-31-15-9-7-10-16-31)48-42(52)36-23-34(38-20-14-13-19-33(38)25-44)22-35(24-36)41(51)47-26-29(4)32-17-11-8-12-18-32/h7-20,22-24,28-30,37,39,46H,6,21,26-27H2,1-5H3,(H,45,53)(H,47,51)(H,48,52)(H,49,50)/t29?,30-,37-,39-/m0/s1. The van der Waals surface area contributed by atoms with Gasteiger partial charge in [0.25, 0.3) is 11.8 Å². The van der Waals surface area contributed by atoms with Crippen LogP contribution >= 0.6 is 0 Å². The van der Waals surface area contributed by atoms with E-state index < -0.39 is 24.0 Å². The van der Waals surface area contributed by atoms with E-state index in [1.807, 2.05) is 94.4 Å². The summed E-state index contributed by atoms with van der Waals surface area (Å²) in [5, 5.41) is 24.9. The smallest absolute Gasteiger partial charge is 0.251 e. The number of rotatable bonds is 17. The lowest BCUT2D eigenvalue weighted by Gasteiger charge is -2.25. The normalized spacial score (nSPS) is 13.2. The Morgan fingerprint density at radius 1 is 0.698 bits per heavy atom. The van der Waals surface area contributed by atoms with Crippen LogP contribution in [0.1, 0.15) is 77.9 Å². The second-order valence-electron chi connectivity index (χ2n) is 13.6. The third-order valence-electron chi connectivity index (χ3n) is 9.08. The van der Waals surface area contributed by atoms with Gasteiger partial charge in [-0.1, -0.05) is 99.6 Å². The molecular weight excluding hydrogens is 665 g/mol. The number of hydrogen-bond donors (Lipinski definition) is 5. The fourth-order valence-corrected chi connectivity index (χ4v) is 5.98. The van der Waals surface area contributed by atoms with Crippen molar-refractivity contribution in [2.75, 3.05) is 19.6 Å². The van der Waals surface area contributed by atoms with Gasteiger partial charge in [-0.2, -0.15) is 5.26 Å². The highest BCUT2D eigenvalue weighted by atomic mass is 16.2. The molecule has 0 heterocycles. The SMILES string of the molecule is CCNC(=O)[C@@H](NC(=O)[C@H](C)NC[C@H](Cc1ccccc1)NC(=O)c1cc(C(=O)NCC(C)c2ccccc2)cc(-c2ccccc2C#N)c1)C(C)C. The highest BCUT2D eigenvalue weighted by molar-refractivity contribution is 6.02. The Labute approximate surface area is 312 Å². The minimum atomic E-state index is -0.682. The van der Waals surface area contributed by atoms with Crippen molar-refractivity contribution in [1.82, 2.24) is 26.6 Å². The lowest BCUT2D eigenvalue weighted by Crippen LogP contribution is -2.55. The van der Waals surface area contributed by atoms with E-state index in [1.54, 1.807) is 43.3 Å². The van der Waals surface area contributed by atoms with Crippen LogP contribution in [0.2, 0.25) is 0 Å². The maximum absolute atomic E-state index is 14.1. The van der Waals surface area contributed by atoms with E-state index in [1.165, 1.54) is 0 Å². The first kappa shape index (κ1) is 40.0. The monoisotopic (exact) mass is 714 g/mol. The van der Waals surface area contributed by atoms with Gasteiger partial charge in [-0.15, -0.1) is 0 Å². The summed E-state index contributed by atoms with van der Waals surface area (Å²) in [6.07, 6.45) is 0.461. The number of carbonyl (C=O) groups excluding carboxylic acids is 4. The Balaban J connectivity index is 1.58. The Bertz CT molecular complexity index is 1890. The molecule has 10 heteroatoms. The highest BCUT2D eigenvalue weighted by Gasteiger charge is 2.27. The number of likely N-dealkylation sites (N-methyl/N-ethyl adjacent to an activating group) is 1. The largest absolute Gasteiger partial charge is 0.355 e. The van der Waals surface area contributed by atoms with Crippen molar-refractivity contribution in [3.63, 3.8) is 0 Å². The van der Waals surface area contributed by atoms with Crippen LogP contribution in [0, 0.1) is 17.2 Å². The maximum Gasteiger partial charge on any atom is 0.251 e. The maximum atomic E-state index is 14.1. The quantitative estimate of drug-likeness (QED) is 0.0995. The van der Waals surface area contributed by atoms with Gasteiger partial charge in [0.2, 0.25) is 11.8 Å². The molecule has 0 radical (unpaired) electrons. The van der Waals surface area contributed by atoms with Gasteiger partial charge in [0, 0.05) is 36.8 Å². The average Bonchev–Trinajstić information content (AvgIpc) is 3.18. The van der Waals surface area contributed by atoms with Gasteiger partial charge in [-0.05, 0) is 78.6 Å². The summed E-state index contributed by atoms with van der Waals surface area (Å²) in [4.78, 5) is 53.5. The number of benzene rings is 4. The zero-order valence-electron chi connectivity index (χ0n) is 31.1. The molecule has 0 aliphatic carbocycles. The van der Waals surface area contributed by atoms with E-state index in [0.29, 0.717) is 36.2 Å². The van der Waals surface area contributed by atoms with Gasteiger partial charge in [0.1, 0.15) is 6.04 Å². The summed E-state index contributed by atoms with van der Waals surface area (Å²) in [6, 6.07) is 32.0. The van der Waals surface area contributed by atoms with Crippen LogP contribution in [0.25, 0.3) is 11.1 Å². The molecule has 53 heavy (non-hydrogen) atoms. The lowest BCUT2D eigenvalue weighted by molar-refractivity contribution is -0.130. The molecule has 4 aromatic rings. The molecule has 4 aromatic carbocycles. The van der Waals surface area contributed by atoms with Gasteiger partial charge in [-0.3, -0.25) is 19.2 Å². The van der Waals surface area contributed by atoms with Crippen molar-refractivity contribution in [2.24, 2.45) is 5.92 Å². The van der Waals surface area contributed by atoms with E-state index in [4.69, 9.17) is 0 Å². The van der Waals surface area contributed by atoms with E-state index in [9.17, 15) is 24.4 Å². The van der Waals surface area contributed by atoms with Crippen molar-refractivity contribution in [2.45, 2.75) is 65.1 Å². The molecule has 0 fully saturated rings. The predicted octanol–water partition coefficient (Wildman–Crippen LogP) is 5.35. The van der Waals surface area contributed by atoms with E-state index in [2.05, 4.69) is 32.7 Å². The lowest BCUT2D eigenvalue weighted by atomic mass is 9.95. The molecular formula is C43H50N6O4. The summed E-state index contributed by atoms with van der Waals surface area (Å²) in [5.74, 6) is -1.38. The molecule has 0 saturated carbocycles. The van der Waals surface area contributed by atoms with Crippen molar-refractivity contribution in [1.29, 1.82) is 5.26 Å². The van der Waals surface area contributed by atoms with Crippen molar-refractivity contribution in [3.05, 3.63) is 131 Å². The molecule has 0 aromatic heterocycles. The topological polar surface area (TPSA) is 152 Å². The van der Waals surface area contributed by atoms with E-state index in [-0.39, 0.29) is 47.2 Å². The molecule has 1 unspecified atom stereocenters. The molecule has 10 nitrogen and oxygen atoms in total. The molecule has 0 spiro atoms. The van der Waals surface area contributed by atoms with Gasteiger partial charge in [0.05, 0.1) is 17.7 Å². The van der Waals surface area contributed by atoms with Gasteiger partial charge < -0.3 is 26.6 Å². The molecule has 0 aliphatic heterocycles. The molecule has 4 amide bonds. The zero-order valence-corrected chi connectivity index (χ0v) is 31.1. The summed E-state index contributed by atoms with van der Waals surface area (Å²) < 4.78 is 0. The highest BCUT2D eigenvalue weighted by Crippen LogP contribution is 2.26. The van der Waals surface area contributed by atoms with Crippen LogP contribution in [0.3, 0.4) is 0 Å². The van der Waals surface area contributed by atoms with Crippen LogP contribution in [-0.4, -0.2) is 61.4 Å². The second kappa shape index (κ2) is 19.7. The average molecular weight is 715 g/mol. The number of amides is 4. The number of nitrogens with one attached hydrogen (secondary N) is 5. The minimum absolute atomic E-state index is 0.0610. The molecule has 0 aliphatic rings. The Morgan fingerprint density at radius 2 is 1.32 bits per heavy atom. The fraction of sp³-hybridized carbons (Fsp3) is 0.326. The van der Waals surface area contributed by atoms with E-state index >= 15 is 0 Å². The number of hydrogen-bond acceptors (Lipinski definition) is 6. The van der Waals surface area contributed by atoms with Crippen molar-refractivity contribution >= 4 is 23.6 Å². The summed E-state index contributed by atoms with van der Waals surface area (Å²) in [6.45, 7) is 10.4. The van der Waals surface area contributed by atoms with Crippen molar-refractivity contribution < 1.29 is 19.2 Å². The molecule has 4 rings (SSSR count). The second-order valence-corrected chi connectivity index (χ2v) is 13.6. The summed E-state index contributed by atoms with van der Waals surface area (Å²) in [7, 11) is 0. The first-order valence-electron chi connectivity index (χ1n) is 18.1. The van der Waals surface area contributed by atoms with Gasteiger partial charge in [-0.25, -0.2) is 0 Å². The molecule has 4 atom stereocenters. The number of carbonyl (C=O) groups is 4. The number of nitriles is 1. The van der Waals surface area contributed by atoms with E-state index in [0.717, 1.165) is 11.1 Å². The Hall–Kier alpha value is -5.79. The van der Waals surface area contributed by atoms with Crippen LogP contribution < -0.4 is 26.6 Å². The Kier molecular flexibility index (Phi) is 14.9. The molecule has 0 bridgehead atoms. The van der Waals surface area contributed by atoms with Crippen LogP contribution in [0.5, 0.6) is 0 Å². The van der Waals surface area contributed by atoms with Crippen LogP contribution in [-0.2, 0) is 16.0 Å². The summed E-state index contributed by atoms with van der Waals surface area (Å²) >= 11 is 0. The van der Waals surface area contributed by atoms with Crippen molar-refractivity contribution in [3.8, 4) is 17.2 Å². The number of nitrogens with zero attached hydrogens (tertiary/aromatic N) is 1. The Morgan fingerprint density at radius 3 is 1.96 bits per heavy atom. The zero-order chi connectivity index (χ0) is 38.3. The first-order chi connectivity index (χ1) is 25.5. The van der Waals surface area contributed by atoms with Gasteiger partial charge in [0.15, 0.2) is 0 Å². The first-order valence-corrected chi connectivity index (χ1v) is 18.1. The molecule has 276 valence electrons. The van der Waals surface area contributed by atoms with Gasteiger partial charge >= 0.3 is 0 Å². The third kappa shape index (κ3) is 11.6. The minimum Gasteiger partial charge on any atom is -0.355 e. The van der Waals surface area contributed by atoms with Crippen LogP contribution in [0.4, 0.5) is 0 Å². The molecule has 0 saturated heterocycles. The summed E-state index contributed by atoms with van der Waals surface area (Å²) in [5.41, 5.74) is 4.20. The molecule has 5 N–H and O–H groups in total. The van der Waals surface area contributed by atoms with Crippen LogP contribution in [0.15, 0.2) is 103 Å².